The van der Waals surface area contributed by atoms with Crippen LogP contribution in [0.5, 0.6) is 0 Å². The second-order valence-corrected chi connectivity index (χ2v) is 4.44. The van der Waals surface area contributed by atoms with Crippen molar-refractivity contribution in [2.45, 2.75) is 13.5 Å². The van der Waals surface area contributed by atoms with Gasteiger partial charge in [-0.2, -0.15) is 0 Å². The van der Waals surface area contributed by atoms with Gasteiger partial charge in [-0.3, -0.25) is 0 Å². The van der Waals surface area contributed by atoms with Gasteiger partial charge >= 0.3 is 0 Å². The molecular weight excluding hydrogens is 222 g/mol. The van der Waals surface area contributed by atoms with Crippen LogP contribution < -0.4 is 5.73 Å². The molecule has 0 radical (unpaired) electrons. The van der Waals surface area contributed by atoms with Gasteiger partial charge in [0.1, 0.15) is 5.65 Å². The molecule has 0 fully saturated rings. The molecule has 0 saturated carbocycles. The quantitative estimate of drug-likeness (QED) is 0.720. The van der Waals surface area contributed by atoms with Crippen molar-refractivity contribution in [3.05, 3.63) is 53.9 Å². The van der Waals surface area contributed by atoms with Crippen LogP contribution in [-0.4, -0.2) is 9.97 Å². The van der Waals surface area contributed by atoms with Crippen molar-refractivity contribution >= 4 is 11.0 Å². The molecular formula is C15H15N3. The topological polar surface area (TPSA) is 54.7 Å². The lowest BCUT2D eigenvalue weighted by Crippen LogP contribution is -1.98. The Morgan fingerprint density at radius 1 is 1.22 bits per heavy atom. The molecule has 3 N–H and O–H groups in total. The summed E-state index contributed by atoms with van der Waals surface area (Å²) in [6.07, 6.45) is 3.75. The minimum atomic E-state index is 0.585. The summed E-state index contributed by atoms with van der Waals surface area (Å²) in [6.45, 7) is 2.68. The fraction of sp³-hybridized carbons (Fsp3) is 0.133. The first-order valence-electron chi connectivity index (χ1n) is 6.01. The molecule has 1 aromatic carbocycles. The number of aromatic nitrogens is 2. The van der Waals surface area contributed by atoms with Crippen molar-refractivity contribution in [3.8, 4) is 11.1 Å². The van der Waals surface area contributed by atoms with Gasteiger partial charge in [0, 0.05) is 24.3 Å². The average molecular weight is 237 g/mol. The monoisotopic (exact) mass is 237 g/mol. The van der Waals surface area contributed by atoms with E-state index < -0.39 is 0 Å². The van der Waals surface area contributed by atoms with Gasteiger partial charge in [-0.25, -0.2) is 4.98 Å². The summed E-state index contributed by atoms with van der Waals surface area (Å²) in [6, 6.07) is 10.5. The first-order valence-corrected chi connectivity index (χ1v) is 6.01. The fourth-order valence-corrected chi connectivity index (χ4v) is 2.31. The lowest BCUT2D eigenvalue weighted by Gasteiger charge is -2.08. The van der Waals surface area contributed by atoms with E-state index in [4.69, 9.17) is 5.73 Å². The van der Waals surface area contributed by atoms with E-state index in [-0.39, 0.29) is 0 Å². The van der Waals surface area contributed by atoms with Gasteiger partial charge in [0.2, 0.25) is 0 Å². The van der Waals surface area contributed by atoms with Gasteiger partial charge in [0.15, 0.2) is 0 Å². The first-order chi connectivity index (χ1) is 8.79. The Hall–Kier alpha value is -2.13. The summed E-state index contributed by atoms with van der Waals surface area (Å²) in [5.74, 6) is 0. The van der Waals surface area contributed by atoms with Crippen molar-refractivity contribution in [2.24, 2.45) is 5.73 Å². The molecule has 0 aliphatic carbocycles. The number of rotatable bonds is 2. The molecule has 0 bridgehead atoms. The Morgan fingerprint density at radius 2 is 2.11 bits per heavy atom. The van der Waals surface area contributed by atoms with Gasteiger partial charge in [0.05, 0.1) is 0 Å². The zero-order chi connectivity index (χ0) is 12.5. The number of aromatic amines is 1. The van der Waals surface area contributed by atoms with Crippen LogP contribution in [-0.2, 0) is 6.54 Å². The smallest absolute Gasteiger partial charge is 0.137 e. The number of pyridine rings is 1. The molecule has 0 atom stereocenters. The Labute approximate surface area is 106 Å². The number of nitrogens with one attached hydrogen (secondary N) is 1. The predicted octanol–water partition coefficient (Wildman–Crippen LogP) is 3.00. The minimum absolute atomic E-state index is 0.585. The second-order valence-electron chi connectivity index (χ2n) is 4.44. The third-order valence-electron chi connectivity index (χ3n) is 3.33. The van der Waals surface area contributed by atoms with E-state index >= 15 is 0 Å². The molecule has 18 heavy (non-hydrogen) atoms. The van der Waals surface area contributed by atoms with Crippen LogP contribution >= 0.6 is 0 Å². The number of aryl methyl sites for hydroxylation is 1. The van der Waals surface area contributed by atoms with Gasteiger partial charge in [-0.05, 0) is 41.3 Å². The number of fused-ring (bicyclic) bond motifs is 1. The van der Waals surface area contributed by atoms with E-state index in [1.165, 1.54) is 22.3 Å². The number of benzene rings is 1. The number of H-pyrrole nitrogens is 1. The average Bonchev–Trinajstić information content (AvgIpc) is 2.86. The van der Waals surface area contributed by atoms with Crippen LogP contribution in [0.25, 0.3) is 22.2 Å². The third-order valence-corrected chi connectivity index (χ3v) is 3.33. The van der Waals surface area contributed by atoms with Crippen molar-refractivity contribution in [1.82, 2.24) is 9.97 Å². The van der Waals surface area contributed by atoms with Crippen LogP contribution in [0.4, 0.5) is 0 Å². The van der Waals surface area contributed by atoms with E-state index in [1.807, 2.05) is 18.5 Å². The predicted molar refractivity (Wildman–Crippen MR) is 74.2 cm³/mol. The summed E-state index contributed by atoms with van der Waals surface area (Å²) in [4.78, 5) is 7.44. The van der Waals surface area contributed by atoms with Crippen LogP contribution in [0.3, 0.4) is 0 Å². The Bertz CT molecular complexity index is 698. The highest BCUT2D eigenvalue weighted by molar-refractivity contribution is 5.92. The second kappa shape index (κ2) is 4.27. The van der Waals surface area contributed by atoms with E-state index in [2.05, 4.69) is 41.2 Å². The minimum Gasteiger partial charge on any atom is -0.346 e. The maximum absolute atomic E-state index is 5.70. The molecule has 3 aromatic rings. The maximum Gasteiger partial charge on any atom is 0.137 e. The largest absolute Gasteiger partial charge is 0.346 e. The molecule has 0 unspecified atom stereocenters. The van der Waals surface area contributed by atoms with Gasteiger partial charge in [-0.15, -0.1) is 0 Å². The lowest BCUT2D eigenvalue weighted by molar-refractivity contribution is 1.05. The number of hydrogen-bond donors (Lipinski definition) is 2. The summed E-state index contributed by atoms with van der Waals surface area (Å²) < 4.78 is 0. The molecule has 2 aromatic heterocycles. The van der Waals surface area contributed by atoms with Gasteiger partial charge < -0.3 is 10.7 Å². The summed E-state index contributed by atoms with van der Waals surface area (Å²) >= 11 is 0. The molecule has 3 nitrogen and oxygen atoms in total. The number of nitrogens with two attached hydrogens (primary N) is 1. The van der Waals surface area contributed by atoms with Crippen LogP contribution in [0.15, 0.2) is 42.7 Å². The van der Waals surface area contributed by atoms with Crippen molar-refractivity contribution in [3.63, 3.8) is 0 Å². The molecule has 2 heterocycles. The molecule has 90 valence electrons. The highest BCUT2D eigenvalue weighted by Gasteiger charge is 2.06. The first kappa shape index (κ1) is 11.0. The Kier molecular flexibility index (Phi) is 2.61. The van der Waals surface area contributed by atoms with Crippen LogP contribution in [0, 0.1) is 6.92 Å². The Morgan fingerprint density at radius 3 is 2.89 bits per heavy atom. The summed E-state index contributed by atoms with van der Waals surface area (Å²) in [5.41, 5.74) is 11.5. The molecule has 0 saturated heterocycles. The van der Waals surface area contributed by atoms with E-state index in [0.717, 1.165) is 11.0 Å². The maximum atomic E-state index is 5.70. The van der Waals surface area contributed by atoms with Crippen molar-refractivity contribution in [1.29, 1.82) is 0 Å². The lowest BCUT2D eigenvalue weighted by atomic mass is 9.99. The van der Waals surface area contributed by atoms with Gasteiger partial charge in [0.25, 0.3) is 0 Å². The zero-order valence-corrected chi connectivity index (χ0v) is 10.3. The van der Waals surface area contributed by atoms with E-state index in [9.17, 15) is 0 Å². The van der Waals surface area contributed by atoms with Crippen LogP contribution in [0.2, 0.25) is 0 Å². The standard InChI is InChI=1S/C15H15N3/c1-10-8-11(2-3-12(10)9-16)13-4-6-17-15-14(13)5-7-18-15/h2-8H,9,16H2,1H3,(H,17,18). The van der Waals surface area contributed by atoms with E-state index in [0.29, 0.717) is 6.54 Å². The molecule has 0 aliphatic rings. The summed E-state index contributed by atoms with van der Waals surface area (Å²) in [5, 5.41) is 1.15. The van der Waals surface area contributed by atoms with E-state index in [1.54, 1.807) is 0 Å². The van der Waals surface area contributed by atoms with Crippen LogP contribution in [0.1, 0.15) is 11.1 Å². The number of hydrogen-bond acceptors (Lipinski definition) is 2. The number of nitrogens with zero attached hydrogens (tertiary/aromatic N) is 1. The normalized spacial score (nSPS) is 11.0. The van der Waals surface area contributed by atoms with Crippen molar-refractivity contribution < 1.29 is 0 Å². The molecule has 3 heteroatoms. The molecule has 0 aliphatic heterocycles. The SMILES string of the molecule is Cc1cc(-c2ccnc3[nH]ccc23)ccc1CN. The summed E-state index contributed by atoms with van der Waals surface area (Å²) in [7, 11) is 0. The van der Waals surface area contributed by atoms with Crippen molar-refractivity contribution in [2.75, 3.05) is 0 Å². The fourth-order valence-electron chi connectivity index (χ4n) is 2.31. The zero-order valence-electron chi connectivity index (χ0n) is 10.3. The highest BCUT2D eigenvalue weighted by Crippen LogP contribution is 2.28. The molecule has 0 amide bonds. The third kappa shape index (κ3) is 1.69. The molecule has 3 rings (SSSR count). The molecule has 0 spiro atoms. The highest BCUT2D eigenvalue weighted by atomic mass is 14.8. The van der Waals surface area contributed by atoms with Gasteiger partial charge in [-0.1, -0.05) is 18.2 Å². The Balaban J connectivity index is 2.20.